The van der Waals surface area contributed by atoms with Crippen LogP contribution in [0.15, 0.2) is 53.1 Å². The van der Waals surface area contributed by atoms with Crippen LogP contribution < -0.4 is 8.85 Å². The standard InChI is InChI=1S/C17H13IN6O2/c18-24-17-22-12(14-6-3-7-26-14)8-13(23-17)16(25)19-9-15-20-10-4-1-2-5-11(10)21-15/h1-8H,9H2,(H,19,25)(H,20,21)(H,22,23,24). The topological polar surface area (TPSA) is 109 Å². The molecular weight excluding hydrogens is 447 g/mol. The number of imidazole rings is 1. The summed E-state index contributed by atoms with van der Waals surface area (Å²) in [6.07, 6.45) is 1.55. The van der Waals surface area contributed by atoms with Crippen LogP contribution in [0.3, 0.4) is 0 Å². The van der Waals surface area contributed by atoms with E-state index >= 15 is 0 Å². The molecule has 0 saturated heterocycles. The van der Waals surface area contributed by atoms with Gasteiger partial charge in [-0.1, -0.05) is 12.1 Å². The molecular formula is C17H13IN6O2. The summed E-state index contributed by atoms with van der Waals surface area (Å²) in [5.74, 6) is 1.24. The number of hydrogen-bond donors (Lipinski definition) is 3. The Kier molecular flexibility index (Phi) is 4.52. The Morgan fingerprint density at radius 3 is 2.81 bits per heavy atom. The molecule has 3 aromatic heterocycles. The minimum atomic E-state index is -0.325. The molecule has 0 spiro atoms. The largest absolute Gasteiger partial charge is 0.463 e. The van der Waals surface area contributed by atoms with Crippen molar-refractivity contribution >= 4 is 45.8 Å². The van der Waals surface area contributed by atoms with Crippen LogP contribution in [0.5, 0.6) is 0 Å². The van der Waals surface area contributed by atoms with Crippen molar-refractivity contribution in [2.75, 3.05) is 3.53 Å². The maximum absolute atomic E-state index is 12.5. The number of halogens is 1. The molecule has 0 atom stereocenters. The Hall–Kier alpha value is -2.95. The van der Waals surface area contributed by atoms with Crippen LogP contribution in [0.25, 0.3) is 22.5 Å². The van der Waals surface area contributed by atoms with Crippen LogP contribution in [0.2, 0.25) is 0 Å². The fraction of sp³-hybridized carbons (Fsp3) is 0.0588. The van der Waals surface area contributed by atoms with Gasteiger partial charge in [0.1, 0.15) is 17.2 Å². The third kappa shape index (κ3) is 3.38. The summed E-state index contributed by atoms with van der Waals surface area (Å²) < 4.78 is 8.17. The van der Waals surface area contributed by atoms with Crippen LogP contribution in [0.4, 0.5) is 5.95 Å². The number of aromatic nitrogens is 4. The lowest BCUT2D eigenvalue weighted by atomic mass is 10.2. The van der Waals surface area contributed by atoms with Gasteiger partial charge in [-0.15, -0.1) is 0 Å². The van der Waals surface area contributed by atoms with Gasteiger partial charge in [0.15, 0.2) is 5.76 Å². The highest BCUT2D eigenvalue weighted by molar-refractivity contribution is 14.1. The number of hydrogen-bond acceptors (Lipinski definition) is 6. The van der Waals surface area contributed by atoms with Crippen LogP contribution in [0, 0.1) is 0 Å². The molecule has 3 N–H and O–H groups in total. The number of fused-ring (bicyclic) bond motifs is 1. The minimum Gasteiger partial charge on any atom is -0.463 e. The quantitative estimate of drug-likeness (QED) is 0.312. The van der Waals surface area contributed by atoms with Crippen molar-refractivity contribution in [3.8, 4) is 11.5 Å². The Morgan fingerprint density at radius 2 is 2.04 bits per heavy atom. The monoisotopic (exact) mass is 460 g/mol. The fourth-order valence-corrected chi connectivity index (χ4v) is 2.74. The molecule has 0 bridgehead atoms. The number of aromatic amines is 1. The second kappa shape index (κ2) is 7.12. The van der Waals surface area contributed by atoms with Crippen LogP contribution >= 0.6 is 22.9 Å². The smallest absolute Gasteiger partial charge is 0.270 e. The lowest BCUT2D eigenvalue weighted by molar-refractivity contribution is 0.0945. The number of H-pyrrole nitrogens is 1. The third-order valence-corrected chi connectivity index (χ3v) is 4.15. The van der Waals surface area contributed by atoms with Gasteiger partial charge in [-0.2, -0.15) is 0 Å². The molecule has 4 rings (SSSR count). The summed E-state index contributed by atoms with van der Waals surface area (Å²) in [6, 6.07) is 12.8. The maximum atomic E-state index is 12.5. The van der Waals surface area contributed by atoms with Crippen LogP contribution in [-0.2, 0) is 6.54 Å². The van der Waals surface area contributed by atoms with Gasteiger partial charge in [-0.3, -0.25) is 8.32 Å². The number of anilines is 1. The average Bonchev–Trinajstić information content (AvgIpc) is 3.35. The van der Waals surface area contributed by atoms with Crippen LogP contribution in [-0.4, -0.2) is 25.8 Å². The van der Waals surface area contributed by atoms with E-state index in [1.165, 1.54) is 0 Å². The highest BCUT2D eigenvalue weighted by Crippen LogP contribution is 2.20. The molecule has 3 heterocycles. The summed E-state index contributed by atoms with van der Waals surface area (Å²) in [6.45, 7) is 0.264. The van der Waals surface area contributed by atoms with Gasteiger partial charge in [0.05, 0.1) is 46.7 Å². The molecule has 0 saturated carbocycles. The molecule has 0 radical (unpaired) electrons. The van der Waals surface area contributed by atoms with Gasteiger partial charge in [0.2, 0.25) is 5.95 Å². The molecule has 8 nitrogen and oxygen atoms in total. The van der Waals surface area contributed by atoms with Gasteiger partial charge < -0.3 is 14.7 Å². The molecule has 9 heteroatoms. The van der Waals surface area contributed by atoms with Gasteiger partial charge in [0, 0.05) is 0 Å². The van der Waals surface area contributed by atoms with E-state index in [1.807, 2.05) is 47.1 Å². The first kappa shape index (κ1) is 16.5. The molecule has 0 aliphatic heterocycles. The van der Waals surface area contributed by atoms with Gasteiger partial charge in [-0.05, 0) is 30.3 Å². The van der Waals surface area contributed by atoms with E-state index in [-0.39, 0.29) is 18.1 Å². The lowest BCUT2D eigenvalue weighted by Gasteiger charge is -2.06. The molecule has 0 unspecified atom stereocenters. The molecule has 0 fully saturated rings. The number of furan rings is 1. The van der Waals surface area contributed by atoms with Gasteiger partial charge >= 0.3 is 0 Å². The number of para-hydroxylation sites is 2. The molecule has 26 heavy (non-hydrogen) atoms. The summed E-state index contributed by atoms with van der Waals surface area (Å²) in [5.41, 5.74) is 2.55. The second-order valence-corrected chi connectivity index (χ2v) is 5.96. The van der Waals surface area contributed by atoms with E-state index < -0.39 is 0 Å². The second-order valence-electron chi connectivity index (χ2n) is 5.42. The highest BCUT2D eigenvalue weighted by Gasteiger charge is 2.14. The number of nitrogens with one attached hydrogen (secondary N) is 3. The first-order valence-corrected chi connectivity index (χ1v) is 8.82. The molecule has 1 amide bonds. The Bertz CT molecular complexity index is 1030. The molecule has 130 valence electrons. The summed E-state index contributed by atoms with van der Waals surface area (Å²) in [5, 5.41) is 2.82. The molecule has 0 aliphatic carbocycles. The number of amides is 1. The minimum absolute atomic E-state index is 0.238. The molecule has 1 aromatic carbocycles. The van der Waals surface area contributed by atoms with Crippen molar-refractivity contribution in [2.45, 2.75) is 6.54 Å². The zero-order chi connectivity index (χ0) is 17.9. The predicted octanol–water partition coefficient (Wildman–Crippen LogP) is 3.30. The highest BCUT2D eigenvalue weighted by atomic mass is 127. The predicted molar refractivity (Wildman–Crippen MR) is 105 cm³/mol. The average molecular weight is 460 g/mol. The first-order chi connectivity index (χ1) is 12.7. The number of rotatable bonds is 5. The van der Waals surface area contributed by atoms with Crippen molar-refractivity contribution in [2.24, 2.45) is 0 Å². The zero-order valence-corrected chi connectivity index (χ0v) is 15.5. The summed E-state index contributed by atoms with van der Waals surface area (Å²) in [7, 11) is 0. The Morgan fingerprint density at radius 1 is 1.15 bits per heavy atom. The summed E-state index contributed by atoms with van der Waals surface area (Å²) >= 11 is 1.91. The Balaban J connectivity index is 1.54. The van der Waals surface area contributed by atoms with Crippen molar-refractivity contribution < 1.29 is 9.21 Å². The fourth-order valence-electron chi connectivity index (χ4n) is 2.50. The van der Waals surface area contributed by atoms with E-state index in [4.69, 9.17) is 4.42 Å². The van der Waals surface area contributed by atoms with E-state index in [0.29, 0.717) is 23.2 Å². The van der Waals surface area contributed by atoms with E-state index in [0.717, 1.165) is 11.0 Å². The normalized spacial score (nSPS) is 10.8. The van der Waals surface area contributed by atoms with Gasteiger partial charge in [0.25, 0.3) is 5.91 Å². The maximum Gasteiger partial charge on any atom is 0.270 e. The van der Waals surface area contributed by atoms with Crippen molar-refractivity contribution in [3.63, 3.8) is 0 Å². The summed E-state index contributed by atoms with van der Waals surface area (Å²) in [4.78, 5) is 28.6. The molecule has 0 aliphatic rings. The lowest BCUT2D eigenvalue weighted by Crippen LogP contribution is -2.24. The van der Waals surface area contributed by atoms with E-state index in [9.17, 15) is 4.79 Å². The number of carbonyl (C=O) groups excluding carboxylic acids is 1. The Labute approximate surface area is 161 Å². The SMILES string of the molecule is O=C(NCc1nc2ccccc2[nH]1)c1cc(-c2ccco2)nc(NI)n1. The van der Waals surface area contributed by atoms with E-state index in [2.05, 4.69) is 28.8 Å². The zero-order valence-electron chi connectivity index (χ0n) is 13.4. The molecule has 4 aromatic rings. The van der Waals surface area contributed by atoms with Crippen molar-refractivity contribution in [1.82, 2.24) is 25.3 Å². The van der Waals surface area contributed by atoms with Crippen molar-refractivity contribution in [1.29, 1.82) is 0 Å². The van der Waals surface area contributed by atoms with Crippen LogP contribution in [0.1, 0.15) is 16.3 Å². The first-order valence-electron chi connectivity index (χ1n) is 7.74. The van der Waals surface area contributed by atoms with Gasteiger partial charge in [-0.25, -0.2) is 15.0 Å². The number of nitrogens with zero attached hydrogens (tertiary/aromatic N) is 3. The number of carbonyl (C=O) groups is 1. The van der Waals surface area contributed by atoms with Crippen molar-refractivity contribution in [3.05, 3.63) is 60.2 Å². The number of benzene rings is 1. The van der Waals surface area contributed by atoms with E-state index in [1.54, 1.807) is 24.5 Å². The third-order valence-electron chi connectivity index (χ3n) is 3.67.